The number of aliphatic hydroxyl groups excluding tert-OH is 1. The topological polar surface area (TPSA) is 41.5 Å². The Morgan fingerprint density at radius 2 is 1.89 bits per heavy atom. The van der Waals surface area contributed by atoms with Crippen molar-refractivity contribution in [3.05, 3.63) is 0 Å². The maximum atomic E-state index is 9.55. The number of aliphatic hydroxyl groups is 1. The van der Waals surface area contributed by atoms with Crippen LogP contribution >= 0.6 is 0 Å². The number of ether oxygens (including phenoxy) is 1. The van der Waals surface area contributed by atoms with Gasteiger partial charge >= 0.3 is 0 Å². The zero-order valence-electron chi connectivity index (χ0n) is 12.0. The molecule has 1 saturated carbocycles. The summed E-state index contributed by atoms with van der Waals surface area (Å²) in [6.45, 7) is 5.39. The highest BCUT2D eigenvalue weighted by atomic mass is 16.5. The largest absolute Gasteiger partial charge is 0.394 e. The number of nitrogens with one attached hydrogen (secondary N) is 1. The van der Waals surface area contributed by atoms with Gasteiger partial charge in [0.2, 0.25) is 0 Å². The molecule has 2 N–H and O–H groups in total. The van der Waals surface area contributed by atoms with Crippen molar-refractivity contribution in [3.8, 4) is 0 Å². The molecule has 0 aromatic heterocycles. The lowest BCUT2D eigenvalue weighted by Gasteiger charge is -2.32. The average molecular weight is 255 g/mol. The SMILES string of the molecule is CCC(CC)(CO)NCC1CCC2(CCCC2)O1. The lowest BCUT2D eigenvalue weighted by molar-refractivity contribution is -0.0389. The first-order chi connectivity index (χ1) is 8.67. The summed E-state index contributed by atoms with van der Waals surface area (Å²) in [6, 6.07) is 0. The van der Waals surface area contributed by atoms with E-state index in [-0.39, 0.29) is 17.7 Å². The Kier molecular flexibility index (Phi) is 4.68. The van der Waals surface area contributed by atoms with Crippen LogP contribution in [0, 0.1) is 0 Å². The molecule has 1 aliphatic heterocycles. The molecule has 2 fully saturated rings. The van der Waals surface area contributed by atoms with Gasteiger partial charge < -0.3 is 15.2 Å². The van der Waals surface area contributed by atoms with Crippen LogP contribution in [0.25, 0.3) is 0 Å². The van der Waals surface area contributed by atoms with E-state index in [2.05, 4.69) is 19.2 Å². The van der Waals surface area contributed by atoms with E-state index < -0.39 is 0 Å². The summed E-state index contributed by atoms with van der Waals surface area (Å²) >= 11 is 0. The highest BCUT2D eigenvalue weighted by Gasteiger charge is 2.42. The van der Waals surface area contributed by atoms with Crippen LogP contribution in [-0.4, -0.2) is 35.5 Å². The summed E-state index contributed by atoms with van der Waals surface area (Å²) in [6.07, 6.45) is 9.91. The zero-order valence-corrected chi connectivity index (χ0v) is 12.0. The van der Waals surface area contributed by atoms with Gasteiger partial charge in [-0.3, -0.25) is 0 Å². The summed E-state index contributed by atoms with van der Waals surface area (Å²) in [4.78, 5) is 0. The van der Waals surface area contributed by atoms with Crippen molar-refractivity contribution < 1.29 is 9.84 Å². The van der Waals surface area contributed by atoms with Crippen molar-refractivity contribution in [3.63, 3.8) is 0 Å². The summed E-state index contributed by atoms with van der Waals surface area (Å²) in [5.41, 5.74) is 0.126. The van der Waals surface area contributed by atoms with Crippen molar-refractivity contribution in [1.82, 2.24) is 5.32 Å². The zero-order chi connectivity index (χ0) is 13.1. The highest BCUT2D eigenvalue weighted by molar-refractivity contribution is 4.94. The Hall–Kier alpha value is -0.120. The first kappa shape index (κ1) is 14.3. The molecule has 0 bridgehead atoms. The Morgan fingerprint density at radius 3 is 2.44 bits per heavy atom. The van der Waals surface area contributed by atoms with E-state index in [1.807, 2.05) is 0 Å². The van der Waals surface area contributed by atoms with Gasteiger partial charge in [0, 0.05) is 12.1 Å². The van der Waals surface area contributed by atoms with Crippen LogP contribution in [0.15, 0.2) is 0 Å². The lowest BCUT2D eigenvalue weighted by Crippen LogP contribution is -2.50. The molecule has 1 heterocycles. The summed E-state index contributed by atoms with van der Waals surface area (Å²) in [5.74, 6) is 0. The molecule has 1 aliphatic carbocycles. The molecule has 2 rings (SSSR count). The van der Waals surface area contributed by atoms with Gasteiger partial charge in [-0.2, -0.15) is 0 Å². The fraction of sp³-hybridized carbons (Fsp3) is 1.00. The first-order valence-corrected chi connectivity index (χ1v) is 7.71. The van der Waals surface area contributed by atoms with Gasteiger partial charge in [0.05, 0.1) is 18.3 Å². The van der Waals surface area contributed by atoms with Crippen LogP contribution in [0.1, 0.15) is 65.2 Å². The van der Waals surface area contributed by atoms with Crippen molar-refractivity contribution in [2.75, 3.05) is 13.2 Å². The van der Waals surface area contributed by atoms with Crippen LogP contribution in [0.3, 0.4) is 0 Å². The summed E-state index contributed by atoms with van der Waals surface area (Å²) in [7, 11) is 0. The molecule has 1 saturated heterocycles. The molecule has 106 valence electrons. The molecular formula is C15H29NO2. The van der Waals surface area contributed by atoms with E-state index in [1.165, 1.54) is 38.5 Å². The molecule has 0 aromatic carbocycles. The van der Waals surface area contributed by atoms with Crippen LogP contribution in [0.2, 0.25) is 0 Å². The van der Waals surface area contributed by atoms with Crippen molar-refractivity contribution in [2.24, 2.45) is 0 Å². The molecule has 2 aliphatic rings. The minimum Gasteiger partial charge on any atom is -0.394 e. The molecule has 0 radical (unpaired) electrons. The smallest absolute Gasteiger partial charge is 0.0708 e. The normalized spacial score (nSPS) is 27.2. The third kappa shape index (κ3) is 2.89. The van der Waals surface area contributed by atoms with Gasteiger partial charge in [-0.1, -0.05) is 26.7 Å². The second-order valence-electron chi connectivity index (χ2n) is 6.20. The van der Waals surface area contributed by atoms with Crippen LogP contribution in [0.5, 0.6) is 0 Å². The van der Waals surface area contributed by atoms with Crippen LogP contribution in [0.4, 0.5) is 0 Å². The molecule has 3 heteroatoms. The number of rotatable bonds is 6. The minimum atomic E-state index is -0.102. The van der Waals surface area contributed by atoms with Crippen LogP contribution in [-0.2, 0) is 4.74 Å². The maximum Gasteiger partial charge on any atom is 0.0708 e. The molecule has 1 unspecified atom stereocenters. The van der Waals surface area contributed by atoms with Gasteiger partial charge in [0.15, 0.2) is 0 Å². The Balaban J connectivity index is 1.81. The van der Waals surface area contributed by atoms with Crippen LogP contribution < -0.4 is 5.32 Å². The van der Waals surface area contributed by atoms with Crippen molar-refractivity contribution in [2.45, 2.75) is 82.5 Å². The van der Waals surface area contributed by atoms with Crippen molar-refractivity contribution in [1.29, 1.82) is 0 Å². The summed E-state index contributed by atoms with van der Waals surface area (Å²) in [5, 5.41) is 13.1. The average Bonchev–Trinajstić information content (AvgIpc) is 3.03. The fourth-order valence-corrected chi connectivity index (χ4v) is 3.54. The van der Waals surface area contributed by atoms with E-state index in [0.29, 0.717) is 6.10 Å². The monoisotopic (exact) mass is 255 g/mol. The lowest BCUT2D eigenvalue weighted by atomic mass is 9.93. The molecular weight excluding hydrogens is 226 g/mol. The molecule has 1 atom stereocenters. The van der Waals surface area contributed by atoms with Gasteiger partial charge in [0.25, 0.3) is 0 Å². The van der Waals surface area contributed by atoms with E-state index in [4.69, 9.17) is 4.74 Å². The number of hydrogen-bond donors (Lipinski definition) is 2. The van der Waals surface area contributed by atoms with E-state index in [1.54, 1.807) is 0 Å². The Morgan fingerprint density at radius 1 is 1.22 bits per heavy atom. The second kappa shape index (κ2) is 5.89. The Bertz CT molecular complexity index is 249. The predicted molar refractivity (Wildman–Crippen MR) is 73.7 cm³/mol. The third-order valence-electron chi connectivity index (χ3n) is 5.21. The highest BCUT2D eigenvalue weighted by Crippen LogP contribution is 2.43. The fourth-order valence-electron chi connectivity index (χ4n) is 3.54. The molecule has 18 heavy (non-hydrogen) atoms. The molecule has 3 nitrogen and oxygen atoms in total. The van der Waals surface area contributed by atoms with Gasteiger partial charge in [-0.05, 0) is 38.5 Å². The standard InChI is InChI=1S/C15H29NO2/c1-3-14(4-2,12-17)16-11-13-7-10-15(18-13)8-5-6-9-15/h13,16-17H,3-12H2,1-2H3. The summed E-state index contributed by atoms with van der Waals surface area (Å²) < 4.78 is 6.29. The second-order valence-corrected chi connectivity index (χ2v) is 6.20. The van der Waals surface area contributed by atoms with E-state index in [0.717, 1.165) is 19.4 Å². The van der Waals surface area contributed by atoms with Gasteiger partial charge in [-0.15, -0.1) is 0 Å². The van der Waals surface area contributed by atoms with Gasteiger partial charge in [0.1, 0.15) is 0 Å². The number of hydrogen-bond acceptors (Lipinski definition) is 3. The molecule has 0 amide bonds. The Labute approximate surface area is 111 Å². The predicted octanol–water partition coefficient (Wildman–Crippen LogP) is 2.62. The van der Waals surface area contributed by atoms with E-state index >= 15 is 0 Å². The molecule has 0 aromatic rings. The third-order valence-corrected chi connectivity index (χ3v) is 5.21. The van der Waals surface area contributed by atoms with Crippen molar-refractivity contribution >= 4 is 0 Å². The quantitative estimate of drug-likeness (QED) is 0.766. The minimum absolute atomic E-state index is 0.102. The van der Waals surface area contributed by atoms with Gasteiger partial charge in [-0.25, -0.2) is 0 Å². The molecule has 1 spiro atoms. The van der Waals surface area contributed by atoms with E-state index in [9.17, 15) is 5.11 Å². The maximum absolute atomic E-state index is 9.55. The first-order valence-electron chi connectivity index (χ1n) is 7.71.